The maximum Gasteiger partial charge on any atom is 0.270 e. The Balaban J connectivity index is 1.26. The third-order valence-corrected chi connectivity index (χ3v) is 8.21. The van der Waals surface area contributed by atoms with Crippen molar-refractivity contribution in [2.24, 2.45) is 5.92 Å². The molecule has 2 aromatic carbocycles. The molecule has 9 nitrogen and oxygen atoms in total. The molecule has 0 bridgehead atoms. The Morgan fingerprint density at radius 1 is 1.14 bits per heavy atom. The predicted octanol–water partition coefficient (Wildman–Crippen LogP) is 3.94. The average molecular weight is 588 g/mol. The summed E-state index contributed by atoms with van der Waals surface area (Å²) in [6.45, 7) is 2.02. The van der Waals surface area contributed by atoms with E-state index in [-0.39, 0.29) is 42.0 Å². The molecule has 10 heteroatoms. The van der Waals surface area contributed by atoms with Gasteiger partial charge in [-0.3, -0.25) is 14.4 Å². The first-order valence-corrected chi connectivity index (χ1v) is 14.6. The van der Waals surface area contributed by atoms with Crippen molar-refractivity contribution in [3.8, 4) is 5.75 Å². The number of halogens is 1. The van der Waals surface area contributed by atoms with Crippen molar-refractivity contribution >= 4 is 34.7 Å². The molecular weight excluding hydrogens is 549 g/mol. The minimum Gasteiger partial charge on any atom is -0.497 e. The molecule has 0 unspecified atom stereocenters. The smallest absolute Gasteiger partial charge is 0.270 e. The number of likely N-dealkylation sites (N-methyl/N-ethyl adjacent to an activating group) is 1. The summed E-state index contributed by atoms with van der Waals surface area (Å²) >= 11 is 0. The van der Waals surface area contributed by atoms with Crippen LogP contribution in [-0.4, -0.2) is 78.9 Å². The lowest BCUT2D eigenvalue weighted by Gasteiger charge is -2.26. The monoisotopic (exact) mass is 587 g/mol. The maximum absolute atomic E-state index is 13.6. The summed E-state index contributed by atoms with van der Waals surface area (Å²) in [5.41, 5.74) is 2.54. The highest BCUT2D eigenvalue weighted by Gasteiger charge is 2.40. The fraction of sp³-hybridized carbons (Fsp3) is 0.394. The fourth-order valence-electron chi connectivity index (χ4n) is 5.42. The van der Waals surface area contributed by atoms with E-state index in [4.69, 9.17) is 4.74 Å². The van der Waals surface area contributed by atoms with E-state index in [1.807, 2.05) is 44.1 Å². The molecule has 2 heterocycles. The van der Waals surface area contributed by atoms with Crippen LogP contribution in [0.25, 0.3) is 17.0 Å². The number of aromatic nitrogens is 1. The zero-order valence-corrected chi connectivity index (χ0v) is 25.0. The molecular formula is C33H38FN5O4. The number of nitrogens with one attached hydrogen (secondary N) is 2. The van der Waals surface area contributed by atoms with Gasteiger partial charge in [-0.25, -0.2) is 9.37 Å². The molecule has 3 aromatic rings. The zero-order chi connectivity index (χ0) is 30.7. The van der Waals surface area contributed by atoms with Crippen molar-refractivity contribution in [1.82, 2.24) is 25.4 Å². The third-order valence-electron chi connectivity index (χ3n) is 8.21. The first-order valence-electron chi connectivity index (χ1n) is 14.6. The minimum absolute atomic E-state index is 0.00807. The van der Waals surface area contributed by atoms with Crippen molar-refractivity contribution in [2.45, 2.75) is 44.3 Å². The largest absolute Gasteiger partial charge is 0.497 e. The highest BCUT2D eigenvalue weighted by atomic mass is 19.1. The van der Waals surface area contributed by atoms with Crippen molar-refractivity contribution in [3.63, 3.8) is 0 Å². The van der Waals surface area contributed by atoms with Gasteiger partial charge >= 0.3 is 0 Å². The number of benzene rings is 2. The summed E-state index contributed by atoms with van der Waals surface area (Å²) in [6.07, 6.45) is 7.16. The molecule has 1 aromatic heterocycles. The SMILES string of the molecule is COc1ccc([C@H](C)NC(=O)[C@@H]2C[C@@H](N(C)C)CN2C(=O)CNC(=O)c2ccc3cc(F)ccc3n2)c(/C=C/C2CC2)c1. The summed E-state index contributed by atoms with van der Waals surface area (Å²) in [4.78, 5) is 47.7. The number of methoxy groups -OCH3 is 1. The van der Waals surface area contributed by atoms with Crippen LogP contribution in [0.3, 0.4) is 0 Å². The molecule has 1 aliphatic heterocycles. The van der Waals surface area contributed by atoms with Crippen LogP contribution in [0.1, 0.15) is 53.8 Å². The lowest BCUT2D eigenvalue weighted by molar-refractivity contribution is -0.138. The number of nitrogens with zero attached hydrogens (tertiary/aromatic N) is 3. The van der Waals surface area contributed by atoms with Crippen LogP contribution in [0.5, 0.6) is 5.75 Å². The lowest BCUT2D eigenvalue weighted by atomic mass is 9.99. The Morgan fingerprint density at radius 2 is 1.93 bits per heavy atom. The molecule has 0 radical (unpaired) electrons. The van der Waals surface area contributed by atoms with Gasteiger partial charge in [0.1, 0.15) is 23.3 Å². The minimum atomic E-state index is -0.684. The Labute approximate surface area is 251 Å². The Hall–Kier alpha value is -4.31. The summed E-state index contributed by atoms with van der Waals surface area (Å²) in [5.74, 6) is -0.162. The second-order valence-electron chi connectivity index (χ2n) is 11.6. The lowest BCUT2D eigenvalue weighted by Crippen LogP contribution is -2.49. The number of likely N-dealkylation sites (tertiary alicyclic amines) is 1. The van der Waals surface area contributed by atoms with Crippen LogP contribution < -0.4 is 15.4 Å². The first-order chi connectivity index (χ1) is 20.6. The molecule has 3 atom stereocenters. The van der Waals surface area contributed by atoms with Gasteiger partial charge in [-0.2, -0.15) is 0 Å². The van der Waals surface area contributed by atoms with Gasteiger partial charge in [0.15, 0.2) is 0 Å². The van der Waals surface area contributed by atoms with E-state index in [1.165, 1.54) is 37.1 Å². The summed E-state index contributed by atoms with van der Waals surface area (Å²) in [7, 11) is 5.47. The number of fused-ring (bicyclic) bond motifs is 1. The highest BCUT2D eigenvalue weighted by molar-refractivity contribution is 5.97. The normalized spacial score (nSPS) is 19.2. The van der Waals surface area contributed by atoms with Gasteiger partial charge in [0, 0.05) is 18.0 Å². The molecule has 0 spiro atoms. The highest BCUT2D eigenvalue weighted by Crippen LogP contribution is 2.32. The maximum atomic E-state index is 13.6. The van der Waals surface area contributed by atoms with E-state index in [9.17, 15) is 18.8 Å². The summed E-state index contributed by atoms with van der Waals surface area (Å²) in [5, 5.41) is 6.33. The van der Waals surface area contributed by atoms with Crippen LogP contribution in [0.15, 0.2) is 54.6 Å². The number of hydrogen-bond acceptors (Lipinski definition) is 6. The summed E-state index contributed by atoms with van der Waals surface area (Å²) < 4.78 is 18.9. The van der Waals surface area contributed by atoms with Gasteiger partial charge in [-0.15, -0.1) is 0 Å². The van der Waals surface area contributed by atoms with E-state index >= 15 is 0 Å². The quantitative estimate of drug-likeness (QED) is 0.373. The molecule has 1 saturated carbocycles. The molecule has 226 valence electrons. The van der Waals surface area contributed by atoms with Crippen molar-refractivity contribution in [2.75, 3.05) is 34.3 Å². The van der Waals surface area contributed by atoms with E-state index in [1.54, 1.807) is 18.1 Å². The number of pyridine rings is 1. The number of carbonyl (C=O) groups is 3. The number of hydrogen-bond donors (Lipinski definition) is 2. The summed E-state index contributed by atoms with van der Waals surface area (Å²) in [6, 6.07) is 12.0. The fourth-order valence-corrected chi connectivity index (χ4v) is 5.42. The molecule has 2 N–H and O–H groups in total. The molecule has 3 amide bonds. The Kier molecular flexibility index (Phi) is 9.05. The van der Waals surface area contributed by atoms with Gasteiger partial charge in [0.2, 0.25) is 11.8 Å². The van der Waals surface area contributed by atoms with Crippen LogP contribution >= 0.6 is 0 Å². The van der Waals surface area contributed by atoms with E-state index in [0.717, 1.165) is 16.9 Å². The third kappa shape index (κ3) is 7.19. The molecule has 2 fully saturated rings. The molecule has 1 aliphatic carbocycles. The van der Waals surface area contributed by atoms with Crippen LogP contribution in [0, 0.1) is 11.7 Å². The van der Waals surface area contributed by atoms with Gasteiger partial charge in [-0.05, 0) is 93.7 Å². The molecule has 43 heavy (non-hydrogen) atoms. The van der Waals surface area contributed by atoms with Crippen LogP contribution in [0.4, 0.5) is 4.39 Å². The second kappa shape index (κ2) is 12.9. The van der Waals surface area contributed by atoms with Crippen molar-refractivity contribution < 1.29 is 23.5 Å². The Bertz CT molecular complexity index is 1550. The number of rotatable bonds is 10. The number of carbonyl (C=O) groups excluding carboxylic acids is 3. The zero-order valence-electron chi connectivity index (χ0n) is 25.0. The molecule has 5 rings (SSSR count). The van der Waals surface area contributed by atoms with E-state index in [2.05, 4.69) is 27.8 Å². The van der Waals surface area contributed by atoms with Gasteiger partial charge in [0.05, 0.1) is 25.2 Å². The number of amides is 3. The average Bonchev–Trinajstić information content (AvgIpc) is 3.72. The van der Waals surface area contributed by atoms with Crippen molar-refractivity contribution in [1.29, 1.82) is 0 Å². The predicted molar refractivity (Wildman–Crippen MR) is 163 cm³/mol. The standard InChI is InChI=1S/C33H38FN5O4/c1-20(27-12-11-26(43-4)16-22(27)8-7-21-5-6-21)36-33(42)30-17-25(38(2)3)19-39(30)31(40)18-35-32(41)29-13-9-23-15-24(34)10-14-28(23)37-29/h7-16,20-21,25,30H,5-6,17-19H2,1-4H3,(H,35,41)(H,36,42)/b8-7+/t20-,25+,30-/m0/s1. The van der Waals surface area contributed by atoms with Crippen LogP contribution in [-0.2, 0) is 9.59 Å². The topological polar surface area (TPSA) is 104 Å². The van der Waals surface area contributed by atoms with Gasteiger partial charge in [0.25, 0.3) is 5.91 Å². The van der Waals surface area contributed by atoms with E-state index < -0.39 is 11.9 Å². The second-order valence-corrected chi connectivity index (χ2v) is 11.6. The van der Waals surface area contributed by atoms with Gasteiger partial charge in [-0.1, -0.05) is 24.3 Å². The van der Waals surface area contributed by atoms with Crippen LogP contribution in [0.2, 0.25) is 0 Å². The van der Waals surface area contributed by atoms with Gasteiger partial charge < -0.3 is 25.2 Å². The van der Waals surface area contributed by atoms with E-state index in [0.29, 0.717) is 29.8 Å². The van der Waals surface area contributed by atoms with Crippen molar-refractivity contribution in [3.05, 3.63) is 77.2 Å². The Morgan fingerprint density at radius 3 is 2.65 bits per heavy atom. The molecule has 2 aliphatic rings. The molecule has 1 saturated heterocycles. The first kappa shape index (κ1) is 30.2. The number of allylic oxidation sites excluding steroid dienone is 1. The number of ether oxygens (including phenoxy) is 1.